The predicted octanol–water partition coefficient (Wildman–Crippen LogP) is 3.64. The summed E-state index contributed by atoms with van der Waals surface area (Å²) >= 11 is 0. The average Bonchev–Trinajstić information content (AvgIpc) is 3.32. The monoisotopic (exact) mass is 333 g/mol. The molecule has 0 aliphatic heterocycles. The summed E-state index contributed by atoms with van der Waals surface area (Å²) in [5.41, 5.74) is 6.24. The number of aryl methyl sites for hydroxylation is 2. The maximum absolute atomic E-state index is 12.5. The number of hydrogen-bond donors (Lipinski definition) is 1. The van der Waals surface area contributed by atoms with Crippen LogP contribution in [0.25, 0.3) is 22.0 Å². The van der Waals surface area contributed by atoms with Crippen LogP contribution in [-0.4, -0.2) is 16.2 Å². The highest BCUT2D eigenvalue weighted by molar-refractivity contribution is 6.01. The van der Waals surface area contributed by atoms with Crippen molar-refractivity contribution < 1.29 is 13.8 Å². The standard InChI is InChI=1S/C19H15N3O3/c23-18(20-15-5-2-6-16-19(15)22-25-21-16)9-13-10-24-17-8-12-4-1-3-11(12)7-14(13)17/h2,5-8,10H,1,3-4,9H2,(H,20,23). The Kier molecular flexibility index (Phi) is 3.09. The van der Waals surface area contributed by atoms with Crippen LogP contribution < -0.4 is 5.32 Å². The second-order valence-corrected chi connectivity index (χ2v) is 6.39. The number of aromatic nitrogens is 2. The highest BCUT2D eigenvalue weighted by Gasteiger charge is 2.17. The van der Waals surface area contributed by atoms with E-state index in [1.54, 1.807) is 24.5 Å². The minimum absolute atomic E-state index is 0.126. The van der Waals surface area contributed by atoms with Crippen molar-refractivity contribution in [3.8, 4) is 0 Å². The average molecular weight is 333 g/mol. The predicted molar refractivity (Wildman–Crippen MR) is 92.4 cm³/mol. The molecule has 0 unspecified atom stereocenters. The molecule has 0 saturated carbocycles. The van der Waals surface area contributed by atoms with E-state index < -0.39 is 0 Å². The van der Waals surface area contributed by atoms with Gasteiger partial charge in [-0.15, -0.1) is 0 Å². The smallest absolute Gasteiger partial charge is 0.229 e. The first-order valence-corrected chi connectivity index (χ1v) is 8.31. The van der Waals surface area contributed by atoms with Gasteiger partial charge < -0.3 is 9.73 Å². The van der Waals surface area contributed by atoms with E-state index in [2.05, 4.69) is 27.8 Å². The molecule has 6 nitrogen and oxygen atoms in total. The van der Waals surface area contributed by atoms with Gasteiger partial charge in [0.15, 0.2) is 5.52 Å². The van der Waals surface area contributed by atoms with Crippen LogP contribution in [0.4, 0.5) is 5.69 Å². The van der Waals surface area contributed by atoms with Crippen molar-refractivity contribution in [2.75, 3.05) is 5.32 Å². The van der Waals surface area contributed by atoms with Crippen LogP contribution in [0.15, 0.2) is 45.6 Å². The first-order chi connectivity index (χ1) is 12.3. The number of anilines is 1. The first kappa shape index (κ1) is 14.2. The van der Waals surface area contributed by atoms with Crippen LogP contribution in [0.3, 0.4) is 0 Å². The Hall–Kier alpha value is -3.15. The minimum Gasteiger partial charge on any atom is -0.464 e. The normalized spacial score (nSPS) is 13.4. The summed E-state index contributed by atoms with van der Waals surface area (Å²) in [5.74, 6) is -0.126. The van der Waals surface area contributed by atoms with Crippen LogP contribution in [0.2, 0.25) is 0 Å². The molecule has 0 atom stereocenters. The van der Waals surface area contributed by atoms with Gasteiger partial charge in [0, 0.05) is 10.9 Å². The van der Waals surface area contributed by atoms with Crippen LogP contribution in [0, 0.1) is 0 Å². The molecule has 124 valence electrons. The van der Waals surface area contributed by atoms with Crippen molar-refractivity contribution in [3.63, 3.8) is 0 Å². The zero-order valence-corrected chi connectivity index (χ0v) is 13.4. The highest BCUT2D eigenvalue weighted by Crippen LogP contribution is 2.30. The van der Waals surface area contributed by atoms with Crippen molar-refractivity contribution in [2.24, 2.45) is 0 Å². The lowest BCUT2D eigenvalue weighted by Crippen LogP contribution is -2.14. The summed E-state index contributed by atoms with van der Waals surface area (Å²) < 4.78 is 10.4. The van der Waals surface area contributed by atoms with Gasteiger partial charge in [-0.25, -0.2) is 4.63 Å². The van der Waals surface area contributed by atoms with Gasteiger partial charge in [0.2, 0.25) is 5.91 Å². The van der Waals surface area contributed by atoms with Crippen molar-refractivity contribution in [1.82, 2.24) is 10.3 Å². The number of amides is 1. The topological polar surface area (TPSA) is 81.2 Å². The third kappa shape index (κ3) is 2.38. The molecule has 1 aliphatic rings. The number of nitrogens with one attached hydrogen (secondary N) is 1. The number of hydrogen-bond acceptors (Lipinski definition) is 5. The number of benzene rings is 2. The molecular formula is C19H15N3O3. The summed E-state index contributed by atoms with van der Waals surface area (Å²) in [4.78, 5) is 12.5. The summed E-state index contributed by atoms with van der Waals surface area (Å²) in [7, 11) is 0. The van der Waals surface area contributed by atoms with Gasteiger partial charge in [0.05, 0.1) is 18.4 Å². The molecule has 1 amide bonds. The third-order valence-electron chi connectivity index (χ3n) is 4.78. The zero-order chi connectivity index (χ0) is 16.8. The second-order valence-electron chi connectivity index (χ2n) is 6.39. The van der Waals surface area contributed by atoms with Crippen molar-refractivity contribution in [2.45, 2.75) is 25.7 Å². The molecule has 0 bridgehead atoms. The Balaban J connectivity index is 1.42. The van der Waals surface area contributed by atoms with E-state index in [-0.39, 0.29) is 12.3 Å². The molecular weight excluding hydrogens is 318 g/mol. The largest absolute Gasteiger partial charge is 0.464 e. The number of carbonyl (C=O) groups is 1. The minimum atomic E-state index is -0.126. The maximum Gasteiger partial charge on any atom is 0.229 e. The van der Waals surface area contributed by atoms with E-state index in [9.17, 15) is 4.79 Å². The van der Waals surface area contributed by atoms with Gasteiger partial charge in [-0.2, -0.15) is 0 Å². The fourth-order valence-corrected chi connectivity index (χ4v) is 3.56. The highest BCUT2D eigenvalue weighted by atomic mass is 16.6. The number of carbonyl (C=O) groups excluding carboxylic acids is 1. The Morgan fingerprint density at radius 3 is 2.96 bits per heavy atom. The lowest BCUT2D eigenvalue weighted by Gasteiger charge is -2.05. The molecule has 0 radical (unpaired) electrons. The molecule has 0 saturated heterocycles. The lowest BCUT2D eigenvalue weighted by atomic mass is 10.0. The Morgan fingerprint density at radius 2 is 2.04 bits per heavy atom. The quantitative estimate of drug-likeness (QED) is 0.619. The number of nitrogens with zero attached hydrogens (tertiary/aromatic N) is 2. The molecule has 6 heteroatoms. The fourth-order valence-electron chi connectivity index (χ4n) is 3.56. The Bertz CT molecular complexity index is 1110. The molecule has 0 fully saturated rings. The van der Waals surface area contributed by atoms with Gasteiger partial charge >= 0.3 is 0 Å². The Labute approximate surface area is 142 Å². The third-order valence-corrected chi connectivity index (χ3v) is 4.78. The summed E-state index contributed by atoms with van der Waals surface area (Å²) in [6, 6.07) is 9.65. The molecule has 1 aliphatic carbocycles. The Morgan fingerprint density at radius 1 is 1.16 bits per heavy atom. The molecule has 25 heavy (non-hydrogen) atoms. The van der Waals surface area contributed by atoms with Gasteiger partial charge in [0.25, 0.3) is 0 Å². The molecule has 4 aromatic rings. The number of fused-ring (bicyclic) bond motifs is 3. The van der Waals surface area contributed by atoms with Crippen LogP contribution in [0.1, 0.15) is 23.1 Å². The summed E-state index contributed by atoms with van der Waals surface area (Å²) in [5, 5.41) is 11.5. The van der Waals surface area contributed by atoms with Crippen molar-refractivity contribution in [3.05, 3.63) is 53.3 Å². The molecule has 2 heterocycles. The fraction of sp³-hybridized carbons (Fsp3) is 0.211. The van der Waals surface area contributed by atoms with Crippen LogP contribution in [-0.2, 0) is 24.1 Å². The molecule has 1 N–H and O–H groups in total. The molecule has 5 rings (SSSR count). The van der Waals surface area contributed by atoms with E-state index in [0.29, 0.717) is 16.7 Å². The van der Waals surface area contributed by atoms with Crippen LogP contribution >= 0.6 is 0 Å². The van der Waals surface area contributed by atoms with Gasteiger partial charge in [-0.05, 0) is 65.0 Å². The zero-order valence-electron chi connectivity index (χ0n) is 13.4. The number of furan rings is 1. The summed E-state index contributed by atoms with van der Waals surface area (Å²) in [6.07, 6.45) is 5.32. The van der Waals surface area contributed by atoms with Crippen molar-refractivity contribution in [1.29, 1.82) is 0 Å². The summed E-state index contributed by atoms with van der Waals surface area (Å²) in [6.45, 7) is 0. The molecule has 2 aromatic carbocycles. The van der Waals surface area contributed by atoms with E-state index in [1.165, 1.54) is 17.5 Å². The SMILES string of the molecule is O=C(Cc1coc2cc3c(cc12)CCC3)Nc1cccc2nonc12. The van der Waals surface area contributed by atoms with E-state index >= 15 is 0 Å². The van der Waals surface area contributed by atoms with E-state index in [1.807, 2.05) is 0 Å². The first-order valence-electron chi connectivity index (χ1n) is 8.31. The molecule has 0 spiro atoms. The van der Waals surface area contributed by atoms with E-state index in [4.69, 9.17) is 9.05 Å². The van der Waals surface area contributed by atoms with E-state index in [0.717, 1.165) is 29.4 Å². The van der Waals surface area contributed by atoms with Gasteiger partial charge in [-0.1, -0.05) is 6.07 Å². The molecule has 2 aromatic heterocycles. The van der Waals surface area contributed by atoms with Crippen LogP contribution in [0.5, 0.6) is 0 Å². The van der Waals surface area contributed by atoms with Gasteiger partial charge in [-0.3, -0.25) is 4.79 Å². The lowest BCUT2D eigenvalue weighted by molar-refractivity contribution is -0.115. The number of rotatable bonds is 3. The van der Waals surface area contributed by atoms with Crippen molar-refractivity contribution >= 4 is 33.6 Å². The second kappa shape index (κ2) is 5.44. The maximum atomic E-state index is 12.5. The van der Waals surface area contributed by atoms with Gasteiger partial charge in [0.1, 0.15) is 11.1 Å².